The topological polar surface area (TPSA) is 50.9 Å². The van der Waals surface area contributed by atoms with Crippen LogP contribution in [0.15, 0.2) is 194 Å². The highest BCUT2D eigenvalue weighted by atomic mass is 16.3. The van der Waals surface area contributed by atoms with Crippen molar-refractivity contribution in [3.63, 3.8) is 0 Å². The number of hydrogen-bond acceptors (Lipinski definition) is 3. The van der Waals surface area contributed by atoms with Crippen LogP contribution in [0.5, 0.6) is 5.75 Å². The maximum absolute atomic E-state index is 12.7. The van der Waals surface area contributed by atoms with E-state index >= 15 is 0 Å². The van der Waals surface area contributed by atoms with Crippen LogP contribution in [0.25, 0.3) is 95.0 Å². The molecule has 0 spiro atoms. The van der Waals surface area contributed by atoms with Crippen molar-refractivity contribution < 1.29 is 10.6 Å². The average Bonchev–Trinajstić information content (AvgIpc) is 3.80. The Balaban J connectivity index is 1.26. The van der Waals surface area contributed by atoms with Crippen LogP contribution in [-0.4, -0.2) is 19.6 Å². The van der Waals surface area contributed by atoms with E-state index < -0.39 is 5.41 Å². The molecule has 352 valence electrons. The fourth-order valence-electron chi connectivity index (χ4n) is 9.48. The van der Waals surface area contributed by atoms with E-state index in [-0.39, 0.29) is 46.3 Å². The van der Waals surface area contributed by atoms with Crippen molar-refractivity contribution in [3.8, 4) is 89.7 Å². The Hall–Kier alpha value is -7.82. The van der Waals surface area contributed by atoms with Crippen molar-refractivity contribution in [3.05, 3.63) is 216 Å². The van der Waals surface area contributed by atoms with Gasteiger partial charge in [0.1, 0.15) is 11.6 Å². The standard InChI is InChI=1S/C67H63N3O/c1-43-24-26-45(27-25-43)49-34-35-68-59(40-49)52-37-50(44-18-13-11-14-19-44)36-51(38-52)55-22-17-23-61-62(55)69-64(57-41-54(66(5,6)7)42-58(63(57)71)67(8,9)10)70(61)60-33-30-48(39-56(60)47-20-15-12-16-21-47)46-28-31-53(32-29-46)65(2,3)4/h11-42,71H,1-10H3/i24D,25D,26D,27D. The quantitative estimate of drug-likeness (QED) is 0.165. The first-order valence-electron chi connectivity index (χ1n) is 26.5. The van der Waals surface area contributed by atoms with Gasteiger partial charge in [-0.15, -0.1) is 0 Å². The second-order valence-corrected chi connectivity index (χ2v) is 21.9. The number of para-hydroxylation sites is 1. The van der Waals surface area contributed by atoms with Gasteiger partial charge in [0.05, 0.1) is 33.5 Å². The molecule has 0 radical (unpaired) electrons. The average molecular weight is 930 g/mol. The van der Waals surface area contributed by atoms with Gasteiger partial charge in [0, 0.05) is 28.5 Å². The van der Waals surface area contributed by atoms with Crippen LogP contribution < -0.4 is 0 Å². The minimum atomic E-state index is -0.391. The number of phenolic OH excluding ortho intramolecular Hbond substituents is 1. The number of fused-ring (bicyclic) bond motifs is 1. The largest absolute Gasteiger partial charge is 0.507 e. The lowest BCUT2D eigenvalue weighted by atomic mass is 9.79. The number of phenols is 1. The molecule has 71 heavy (non-hydrogen) atoms. The molecule has 0 aliphatic heterocycles. The normalized spacial score (nSPS) is 12.9. The molecule has 10 aromatic rings. The Bertz CT molecular complexity index is 3790. The lowest BCUT2D eigenvalue weighted by Gasteiger charge is -2.27. The Kier molecular flexibility index (Phi) is 10.8. The Labute approximate surface area is 426 Å². The molecule has 0 unspecified atom stereocenters. The fourth-order valence-corrected chi connectivity index (χ4v) is 9.48. The molecule has 0 aliphatic rings. The van der Waals surface area contributed by atoms with Crippen molar-refractivity contribution in [2.45, 2.75) is 85.5 Å². The van der Waals surface area contributed by atoms with Crippen LogP contribution >= 0.6 is 0 Å². The van der Waals surface area contributed by atoms with Crippen molar-refractivity contribution in [2.75, 3.05) is 0 Å². The molecule has 0 fully saturated rings. The number of imidazole rings is 1. The molecule has 2 aromatic heterocycles. The first-order chi connectivity index (χ1) is 35.6. The van der Waals surface area contributed by atoms with Crippen molar-refractivity contribution in [2.24, 2.45) is 0 Å². The van der Waals surface area contributed by atoms with E-state index in [4.69, 9.17) is 15.5 Å². The monoisotopic (exact) mass is 930 g/mol. The van der Waals surface area contributed by atoms with Gasteiger partial charge in [-0.05, 0) is 133 Å². The van der Waals surface area contributed by atoms with E-state index in [0.29, 0.717) is 28.2 Å². The van der Waals surface area contributed by atoms with Crippen LogP contribution in [0.2, 0.25) is 0 Å². The highest BCUT2D eigenvalue weighted by molar-refractivity contribution is 5.99. The molecule has 0 bridgehead atoms. The van der Waals surface area contributed by atoms with Gasteiger partial charge in [-0.3, -0.25) is 9.55 Å². The summed E-state index contributed by atoms with van der Waals surface area (Å²) in [6.07, 6.45) is 1.67. The van der Waals surface area contributed by atoms with Gasteiger partial charge in [-0.25, -0.2) is 4.98 Å². The first kappa shape index (κ1) is 42.1. The zero-order valence-corrected chi connectivity index (χ0v) is 42.5. The summed E-state index contributed by atoms with van der Waals surface area (Å²) in [6.45, 7) is 21.4. The van der Waals surface area contributed by atoms with Gasteiger partial charge in [-0.2, -0.15) is 0 Å². The van der Waals surface area contributed by atoms with Gasteiger partial charge in [-0.1, -0.05) is 201 Å². The second-order valence-electron chi connectivity index (χ2n) is 21.9. The predicted octanol–water partition coefficient (Wildman–Crippen LogP) is 18.0. The Morgan fingerprint density at radius 3 is 1.72 bits per heavy atom. The summed E-state index contributed by atoms with van der Waals surface area (Å²) in [6, 6.07) is 56.5. The molecule has 4 heteroatoms. The molecule has 4 nitrogen and oxygen atoms in total. The maximum atomic E-state index is 12.7. The SMILES string of the molecule is [2H]c1c([2H])c(-c2ccnc(-c3cc(-c4ccccc4)cc(-c4cccc5c4nc(-c4cc(C(C)(C)C)cc(C(C)(C)C)c4O)n5-c4ccc(-c5ccc(C(C)(C)C)cc5)cc4-c4ccccc4)c3)c2)c([2H])c([2H])c1C. The van der Waals surface area contributed by atoms with Crippen LogP contribution in [0.3, 0.4) is 0 Å². The molecule has 0 aliphatic carbocycles. The first-order valence-corrected chi connectivity index (χ1v) is 24.5. The van der Waals surface area contributed by atoms with Gasteiger partial charge >= 0.3 is 0 Å². The zero-order valence-electron chi connectivity index (χ0n) is 46.5. The highest BCUT2D eigenvalue weighted by Gasteiger charge is 2.29. The minimum absolute atomic E-state index is 0.0209. The number of aromatic nitrogens is 3. The number of benzene rings is 8. The maximum Gasteiger partial charge on any atom is 0.149 e. The summed E-state index contributed by atoms with van der Waals surface area (Å²) >= 11 is 0. The van der Waals surface area contributed by atoms with E-state index in [9.17, 15) is 5.11 Å². The van der Waals surface area contributed by atoms with Crippen LogP contribution in [0.4, 0.5) is 0 Å². The highest BCUT2D eigenvalue weighted by Crippen LogP contribution is 2.46. The van der Waals surface area contributed by atoms with Crippen molar-refractivity contribution >= 4 is 11.0 Å². The Morgan fingerprint density at radius 2 is 1.06 bits per heavy atom. The summed E-state index contributed by atoms with van der Waals surface area (Å²) in [5, 5.41) is 12.7. The summed E-state index contributed by atoms with van der Waals surface area (Å²) in [4.78, 5) is 10.6. The molecule has 0 saturated carbocycles. The van der Waals surface area contributed by atoms with Crippen LogP contribution in [0.1, 0.15) is 90.1 Å². The molecule has 8 aromatic carbocycles. The number of aromatic hydroxyl groups is 1. The van der Waals surface area contributed by atoms with Crippen molar-refractivity contribution in [1.29, 1.82) is 0 Å². The van der Waals surface area contributed by atoms with E-state index in [1.165, 1.54) is 5.56 Å². The minimum Gasteiger partial charge on any atom is -0.507 e. The Morgan fingerprint density at radius 1 is 0.451 bits per heavy atom. The fraction of sp³-hybridized carbons (Fsp3) is 0.194. The molecule has 0 amide bonds. The molecule has 0 atom stereocenters. The van der Waals surface area contributed by atoms with E-state index in [0.717, 1.165) is 77.9 Å². The summed E-state index contributed by atoms with van der Waals surface area (Å²) in [7, 11) is 0. The number of nitrogens with zero attached hydrogens (tertiary/aromatic N) is 3. The second kappa shape index (κ2) is 18.2. The third-order valence-corrected chi connectivity index (χ3v) is 13.6. The molecule has 10 rings (SSSR count). The van der Waals surface area contributed by atoms with E-state index in [1.807, 2.05) is 30.3 Å². The van der Waals surface area contributed by atoms with Gasteiger partial charge in [0.25, 0.3) is 0 Å². The van der Waals surface area contributed by atoms with E-state index in [1.54, 1.807) is 19.2 Å². The van der Waals surface area contributed by atoms with Crippen molar-refractivity contribution in [1.82, 2.24) is 14.5 Å². The number of rotatable bonds is 8. The third-order valence-electron chi connectivity index (χ3n) is 13.6. The molecule has 2 heterocycles. The lowest BCUT2D eigenvalue weighted by molar-refractivity contribution is 0.446. The number of pyridine rings is 1. The number of hydrogen-bond donors (Lipinski definition) is 1. The summed E-state index contributed by atoms with van der Waals surface area (Å²) in [5.41, 5.74) is 16.2. The van der Waals surface area contributed by atoms with Gasteiger partial charge in [0.2, 0.25) is 0 Å². The molecular formula is C67H63N3O. The van der Waals surface area contributed by atoms with Crippen LogP contribution in [0, 0.1) is 6.92 Å². The van der Waals surface area contributed by atoms with Crippen LogP contribution in [-0.2, 0) is 16.2 Å². The summed E-state index contributed by atoms with van der Waals surface area (Å²) in [5.74, 6) is 0.804. The molecular weight excluding hydrogens is 863 g/mol. The molecule has 1 N–H and O–H groups in total. The molecule has 0 saturated heterocycles. The predicted molar refractivity (Wildman–Crippen MR) is 299 cm³/mol. The van der Waals surface area contributed by atoms with Gasteiger partial charge < -0.3 is 5.11 Å². The third kappa shape index (κ3) is 9.35. The zero-order chi connectivity index (χ0) is 53.3. The lowest BCUT2D eigenvalue weighted by Crippen LogP contribution is -2.17. The smallest absolute Gasteiger partial charge is 0.149 e. The summed E-state index contributed by atoms with van der Waals surface area (Å²) < 4.78 is 37.3. The van der Waals surface area contributed by atoms with Gasteiger partial charge in [0.15, 0.2) is 0 Å². The van der Waals surface area contributed by atoms with E-state index in [2.05, 4.69) is 194 Å².